The van der Waals surface area contributed by atoms with E-state index in [1.165, 1.54) is 12.0 Å². The van der Waals surface area contributed by atoms with Gasteiger partial charge < -0.3 is 10.1 Å². The number of nitrogens with one attached hydrogen (secondary N) is 1. The van der Waals surface area contributed by atoms with Crippen LogP contribution in [0.25, 0.3) is 0 Å². The van der Waals surface area contributed by atoms with Gasteiger partial charge in [-0.2, -0.15) is 0 Å². The summed E-state index contributed by atoms with van der Waals surface area (Å²) in [4.78, 5) is 36.9. The van der Waals surface area contributed by atoms with Crippen LogP contribution in [0, 0.1) is 5.41 Å². The first kappa shape index (κ1) is 16.6. The zero-order chi connectivity index (χ0) is 15.6. The molecule has 0 aromatic heterocycles. The minimum Gasteiger partial charge on any atom is -0.468 e. The lowest BCUT2D eigenvalue weighted by atomic mass is 9.92. The molecular weight excluding hydrogens is 260 g/mol. The smallest absolute Gasteiger partial charge is 0.325 e. The van der Waals surface area contributed by atoms with Gasteiger partial charge in [0.15, 0.2) is 0 Å². The van der Waals surface area contributed by atoms with E-state index in [9.17, 15) is 14.4 Å². The maximum atomic E-state index is 12.1. The Bertz CT molecular complexity index is 419. The van der Waals surface area contributed by atoms with Crippen molar-refractivity contribution in [2.45, 2.75) is 45.6 Å². The number of hydrogen-bond donors (Lipinski definition) is 1. The molecule has 6 heteroatoms. The van der Waals surface area contributed by atoms with Gasteiger partial charge in [0.2, 0.25) is 11.8 Å². The molecule has 20 heavy (non-hydrogen) atoms. The van der Waals surface area contributed by atoms with Crippen LogP contribution in [0.1, 0.15) is 40.0 Å². The molecule has 0 aliphatic carbocycles. The third-order valence-corrected chi connectivity index (χ3v) is 3.96. The first-order chi connectivity index (χ1) is 9.18. The number of carbonyl (C=O) groups is 3. The predicted octanol–water partition coefficient (Wildman–Crippen LogP) is 0.703. The van der Waals surface area contributed by atoms with Gasteiger partial charge in [-0.1, -0.05) is 13.8 Å². The first-order valence-corrected chi connectivity index (χ1v) is 6.80. The van der Waals surface area contributed by atoms with Gasteiger partial charge in [-0.05, 0) is 26.8 Å². The van der Waals surface area contributed by atoms with Gasteiger partial charge >= 0.3 is 5.97 Å². The first-order valence-electron chi connectivity index (χ1n) is 6.80. The van der Waals surface area contributed by atoms with Gasteiger partial charge in [-0.3, -0.25) is 19.3 Å². The Kier molecular flexibility index (Phi) is 4.91. The van der Waals surface area contributed by atoms with Crippen molar-refractivity contribution >= 4 is 17.8 Å². The van der Waals surface area contributed by atoms with Crippen molar-refractivity contribution in [2.24, 2.45) is 5.41 Å². The van der Waals surface area contributed by atoms with E-state index in [4.69, 9.17) is 4.74 Å². The van der Waals surface area contributed by atoms with Crippen LogP contribution in [0.2, 0.25) is 0 Å². The molecule has 0 aromatic carbocycles. The molecule has 6 nitrogen and oxygen atoms in total. The molecule has 1 heterocycles. The number of hydrogen-bond acceptors (Lipinski definition) is 5. The van der Waals surface area contributed by atoms with Gasteiger partial charge in [0.05, 0.1) is 12.5 Å². The Hall–Kier alpha value is -1.43. The van der Waals surface area contributed by atoms with Gasteiger partial charge in [-0.25, -0.2) is 0 Å². The normalized spacial score (nSPS) is 20.9. The fourth-order valence-electron chi connectivity index (χ4n) is 2.40. The maximum absolute atomic E-state index is 12.1. The molecule has 0 aromatic rings. The number of rotatable bonds is 6. The quantitative estimate of drug-likeness (QED) is 0.574. The lowest BCUT2D eigenvalue weighted by molar-refractivity contribution is -0.148. The number of esters is 1. The zero-order valence-corrected chi connectivity index (χ0v) is 12.9. The van der Waals surface area contributed by atoms with Gasteiger partial charge in [-0.15, -0.1) is 0 Å². The average Bonchev–Trinajstić information content (AvgIpc) is 2.59. The number of amides is 2. The summed E-state index contributed by atoms with van der Waals surface area (Å²) in [5.74, 6) is -0.615. The van der Waals surface area contributed by atoms with E-state index >= 15 is 0 Å². The average molecular weight is 284 g/mol. The van der Waals surface area contributed by atoms with Crippen molar-refractivity contribution in [1.29, 1.82) is 0 Å². The summed E-state index contributed by atoms with van der Waals surface area (Å²) in [5, 5.41) is 2.93. The Morgan fingerprint density at radius 3 is 2.45 bits per heavy atom. The summed E-state index contributed by atoms with van der Waals surface area (Å²) in [6.07, 6.45) is 1.31. The van der Waals surface area contributed by atoms with E-state index in [0.717, 1.165) is 0 Å². The minimum absolute atomic E-state index is 0.133. The summed E-state index contributed by atoms with van der Waals surface area (Å²) in [6, 6.07) is 0. The number of imide groups is 1. The highest BCUT2D eigenvalue weighted by molar-refractivity contribution is 6.05. The highest BCUT2D eigenvalue weighted by Gasteiger charge is 2.44. The number of likely N-dealkylation sites (N-methyl/N-ethyl adjacent to an activating group) is 1. The number of nitrogens with zero attached hydrogens (tertiary/aromatic N) is 1. The Balaban J connectivity index is 2.59. The molecule has 1 unspecified atom stereocenters. The molecule has 1 aliphatic rings. The summed E-state index contributed by atoms with van der Waals surface area (Å²) >= 11 is 0. The van der Waals surface area contributed by atoms with E-state index in [1.807, 2.05) is 0 Å². The topological polar surface area (TPSA) is 75.7 Å². The van der Waals surface area contributed by atoms with Crippen molar-refractivity contribution in [1.82, 2.24) is 10.2 Å². The fraction of sp³-hybridized carbons (Fsp3) is 0.786. The van der Waals surface area contributed by atoms with E-state index in [-0.39, 0.29) is 24.2 Å². The van der Waals surface area contributed by atoms with Crippen LogP contribution < -0.4 is 5.32 Å². The maximum Gasteiger partial charge on any atom is 0.325 e. The number of likely N-dealkylation sites (tertiary alicyclic amines) is 1. The molecule has 1 N–H and O–H groups in total. The van der Waals surface area contributed by atoms with Crippen LogP contribution in [-0.4, -0.2) is 48.9 Å². The van der Waals surface area contributed by atoms with E-state index in [2.05, 4.69) is 5.32 Å². The molecule has 0 saturated carbocycles. The second-order valence-electron chi connectivity index (χ2n) is 6.09. The zero-order valence-electron chi connectivity index (χ0n) is 12.9. The molecule has 1 aliphatic heterocycles. The van der Waals surface area contributed by atoms with E-state index in [1.54, 1.807) is 27.8 Å². The third-order valence-electron chi connectivity index (χ3n) is 3.96. The van der Waals surface area contributed by atoms with Crippen LogP contribution >= 0.6 is 0 Å². The molecule has 114 valence electrons. The molecule has 1 saturated heterocycles. The van der Waals surface area contributed by atoms with Crippen LogP contribution in [-0.2, 0) is 19.1 Å². The Morgan fingerprint density at radius 1 is 1.45 bits per heavy atom. The van der Waals surface area contributed by atoms with Crippen LogP contribution in [0.3, 0.4) is 0 Å². The molecule has 0 spiro atoms. The van der Waals surface area contributed by atoms with Gasteiger partial charge in [0.1, 0.15) is 5.54 Å². The van der Waals surface area contributed by atoms with Gasteiger partial charge in [0.25, 0.3) is 0 Å². The predicted molar refractivity (Wildman–Crippen MR) is 73.8 cm³/mol. The van der Waals surface area contributed by atoms with Gasteiger partial charge in [0, 0.05) is 13.0 Å². The fourth-order valence-corrected chi connectivity index (χ4v) is 2.40. The largest absolute Gasteiger partial charge is 0.468 e. The van der Waals surface area contributed by atoms with Crippen LogP contribution in [0.5, 0.6) is 0 Å². The highest BCUT2D eigenvalue weighted by Crippen LogP contribution is 2.31. The second-order valence-corrected chi connectivity index (χ2v) is 6.09. The van der Waals surface area contributed by atoms with E-state index in [0.29, 0.717) is 19.4 Å². The molecule has 1 atom stereocenters. The summed E-state index contributed by atoms with van der Waals surface area (Å²) < 4.78 is 4.76. The summed E-state index contributed by atoms with van der Waals surface area (Å²) in [6.45, 7) is 5.64. The van der Waals surface area contributed by atoms with Crippen molar-refractivity contribution in [2.75, 3.05) is 20.7 Å². The highest BCUT2D eigenvalue weighted by atomic mass is 16.5. The number of carbonyl (C=O) groups excluding carboxylic acids is 3. The SMILES string of the molecule is CNC(C)(CCCN1C(=O)CC(C)(C)C1=O)C(=O)OC. The molecular formula is C14H24N2O4. The molecule has 0 radical (unpaired) electrons. The number of ether oxygens (including phenoxy) is 1. The summed E-state index contributed by atoms with van der Waals surface area (Å²) in [7, 11) is 3.03. The molecule has 1 rings (SSSR count). The third kappa shape index (κ3) is 3.17. The van der Waals surface area contributed by atoms with E-state index < -0.39 is 11.0 Å². The van der Waals surface area contributed by atoms with Crippen LogP contribution in [0.4, 0.5) is 0 Å². The molecule has 2 amide bonds. The number of methoxy groups -OCH3 is 1. The van der Waals surface area contributed by atoms with Crippen molar-refractivity contribution < 1.29 is 19.1 Å². The Labute approximate surface area is 119 Å². The van der Waals surface area contributed by atoms with Crippen molar-refractivity contribution in [3.8, 4) is 0 Å². The Morgan fingerprint density at radius 2 is 2.05 bits per heavy atom. The van der Waals surface area contributed by atoms with Crippen molar-refractivity contribution in [3.63, 3.8) is 0 Å². The molecule has 0 bridgehead atoms. The monoisotopic (exact) mass is 284 g/mol. The summed E-state index contributed by atoms with van der Waals surface area (Å²) in [5.41, 5.74) is -1.40. The lowest BCUT2D eigenvalue weighted by Crippen LogP contribution is -2.48. The molecule has 1 fully saturated rings. The standard InChI is InChI=1S/C14H24N2O4/c1-13(2)9-10(17)16(11(13)18)8-6-7-14(3,15-4)12(19)20-5/h15H,6-9H2,1-5H3. The minimum atomic E-state index is -0.796. The second kappa shape index (κ2) is 5.91. The van der Waals surface area contributed by atoms with Crippen LogP contribution in [0.15, 0.2) is 0 Å². The van der Waals surface area contributed by atoms with Crippen molar-refractivity contribution in [3.05, 3.63) is 0 Å². The lowest BCUT2D eigenvalue weighted by Gasteiger charge is -2.27.